The molecule has 0 bridgehead atoms. The van der Waals surface area contributed by atoms with E-state index in [0.717, 1.165) is 22.0 Å². The minimum Gasteiger partial charge on any atom is -0.487 e. The van der Waals surface area contributed by atoms with Crippen molar-refractivity contribution in [2.75, 3.05) is 5.73 Å². The Balaban J connectivity index is 2.12. The Bertz CT molecular complexity index is 586. The van der Waals surface area contributed by atoms with E-state index in [2.05, 4.69) is 22.9 Å². The van der Waals surface area contributed by atoms with E-state index in [1.165, 1.54) is 12.1 Å². The second-order valence-electron chi connectivity index (χ2n) is 4.25. The number of halogens is 2. The molecule has 2 aromatic rings. The molecule has 0 aliphatic heterocycles. The lowest BCUT2D eigenvalue weighted by molar-refractivity contribution is 0.306. The largest absolute Gasteiger partial charge is 0.487 e. The van der Waals surface area contributed by atoms with Gasteiger partial charge < -0.3 is 10.5 Å². The van der Waals surface area contributed by atoms with Gasteiger partial charge in [0.25, 0.3) is 0 Å². The third-order valence-corrected chi connectivity index (χ3v) is 3.65. The fraction of sp³-hybridized carbons (Fsp3) is 0.200. The van der Waals surface area contributed by atoms with Gasteiger partial charge in [0, 0.05) is 10.0 Å². The van der Waals surface area contributed by atoms with Crippen LogP contribution in [0.3, 0.4) is 0 Å². The van der Waals surface area contributed by atoms with E-state index < -0.39 is 0 Å². The molecular weight excluding hydrogens is 309 g/mol. The minimum absolute atomic E-state index is 0.272. The number of hydrogen-bond acceptors (Lipinski definition) is 2. The summed E-state index contributed by atoms with van der Waals surface area (Å²) >= 11 is 3.37. The lowest BCUT2D eigenvalue weighted by Gasteiger charge is -2.11. The first-order chi connectivity index (χ1) is 9.10. The monoisotopic (exact) mass is 323 g/mol. The van der Waals surface area contributed by atoms with Gasteiger partial charge in [0.2, 0.25) is 0 Å². The predicted molar refractivity (Wildman–Crippen MR) is 78.7 cm³/mol. The van der Waals surface area contributed by atoms with Crippen molar-refractivity contribution in [2.45, 2.75) is 20.0 Å². The number of aryl methyl sites for hydroxylation is 1. The van der Waals surface area contributed by atoms with Crippen LogP contribution in [0.4, 0.5) is 10.1 Å². The molecule has 0 amide bonds. The molecule has 0 radical (unpaired) electrons. The molecule has 2 N–H and O–H groups in total. The number of rotatable bonds is 4. The van der Waals surface area contributed by atoms with Crippen molar-refractivity contribution >= 4 is 21.6 Å². The Labute approximate surface area is 120 Å². The summed E-state index contributed by atoms with van der Waals surface area (Å²) in [5, 5.41) is 0. The average Bonchev–Trinajstić information content (AvgIpc) is 2.40. The average molecular weight is 324 g/mol. The van der Waals surface area contributed by atoms with Gasteiger partial charge in [-0.15, -0.1) is 0 Å². The summed E-state index contributed by atoms with van der Waals surface area (Å²) in [6.45, 7) is 2.34. The van der Waals surface area contributed by atoms with E-state index >= 15 is 0 Å². The first-order valence-electron chi connectivity index (χ1n) is 6.05. The summed E-state index contributed by atoms with van der Waals surface area (Å²) in [5.41, 5.74) is 8.43. The maximum atomic E-state index is 13.1. The smallest absolute Gasteiger partial charge is 0.142 e. The lowest BCUT2D eigenvalue weighted by atomic mass is 10.1. The van der Waals surface area contributed by atoms with Gasteiger partial charge in [0.1, 0.15) is 18.2 Å². The van der Waals surface area contributed by atoms with Crippen LogP contribution in [-0.4, -0.2) is 0 Å². The van der Waals surface area contributed by atoms with Crippen molar-refractivity contribution in [1.29, 1.82) is 0 Å². The molecule has 0 saturated carbocycles. The van der Waals surface area contributed by atoms with E-state index in [9.17, 15) is 4.39 Å². The second kappa shape index (κ2) is 6.06. The van der Waals surface area contributed by atoms with Gasteiger partial charge in [-0.1, -0.05) is 28.9 Å². The van der Waals surface area contributed by atoms with Crippen LogP contribution < -0.4 is 10.5 Å². The summed E-state index contributed by atoms with van der Waals surface area (Å²) in [6, 6.07) is 10.2. The molecule has 0 aliphatic rings. The fourth-order valence-corrected chi connectivity index (χ4v) is 2.12. The van der Waals surface area contributed by atoms with Crippen LogP contribution in [0.1, 0.15) is 18.1 Å². The molecule has 2 nitrogen and oxygen atoms in total. The van der Waals surface area contributed by atoms with Gasteiger partial charge in [0.05, 0.1) is 5.69 Å². The van der Waals surface area contributed by atoms with Crippen LogP contribution in [0.15, 0.2) is 40.9 Å². The molecule has 19 heavy (non-hydrogen) atoms. The third kappa shape index (κ3) is 3.47. The zero-order valence-corrected chi connectivity index (χ0v) is 12.2. The highest BCUT2D eigenvalue weighted by molar-refractivity contribution is 9.10. The van der Waals surface area contributed by atoms with Crippen LogP contribution in [0.2, 0.25) is 0 Å². The molecule has 0 aliphatic carbocycles. The number of benzene rings is 2. The zero-order valence-electron chi connectivity index (χ0n) is 10.6. The highest BCUT2D eigenvalue weighted by atomic mass is 79.9. The summed E-state index contributed by atoms with van der Waals surface area (Å²) < 4.78 is 19.6. The number of anilines is 1. The van der Waals surface area contributed by atoms with Crippen LogP contribution in [0.5, 0.6) is 5.75 Å². The maximum absolute atomic E-state index is 13.1. The van der Waals surface area contributed by atoms with E-state index in [0.29, 0.717) is 11.4 Å². The van der Waals surface area contributed by atoms with Gasteiger partial charge >= 0.3 is 0 Å². The number of ether oxygens (including phenoxy) is 1. The van der Waals surface area contributed by atoms with Gasteiger partial charge in [0.15, 0.2) is 0 Å². The van der Waals surface area contributed by atoms with Crippen LogP contribution in [-0.2, 0) is 13.0 Å². The van der Waals surface area contributed by atoms with Gasteiger partial charge in [-0.3, -0.25) is 0 Å². The molecule has 4 heteroatoms. The van der Waals surface area contributed by atoms with Crippen LogP contribution >= 0.6 is 15.9 Å². The quantitative estimate of drug-likeness (QED) is 0.851. The Kier molecular flexibility index (Phi) is 4.43. The Morgan fingerprint density at radius 2 is 2.00 bits per heavy atom. The van der Waals surface area contributed by atoms with Crippen LogP contribution in [0, 0.1) is 5.82 Å². The summed E-state index contributed by atoms with van der Waals surface area (Å²) in [5.74, 6) is 0.337. The highest BCUT2D eigenvalue weighted by Crippen LogP contribution is 2.25. The summed E-state index contributed by atoms with van der Waals surface area (Å²) in [7, 11) is 0. The number of nitrogen functional groups attached to an aromatic ring is 1. The van der Waals surface area contributed by atoms with E-state index in [1.807, 2.05) is 18.2 Å². The van der Waals surface area contributed by atoms with E-state index in [4.69, 9.17) is 10.5 Å². The van der Waals surface area contributed by atoms with Crippen molar-refractivity contribution in [3.8, 4) is 5.75 Å². The van der Waals surface area contributed by atoms with Gasteiger partial charge in [-0.25, -0.2) is 4.39 Å². The van der Waals surface area contributed by atoms with Crippen molar-refractivity contribution < 1.29 is 9.13 Å². The first-order valence-corrected chi connectivity index (χ1v) is 6.84. The third-order valence-electron chi connectivity index (χ3n) is 2.87. The zero-order chi connectivity index (χ0) is 13.8. The molecule has 2 aromatic carbocycles. The second-order valence-corrected chi connectivity index (χ2v) is 5.10. The first kappa shape index (κ1) is 13.9. The Morgan fingerprint density at radius 3 is 2.68 bits per heavy atom. The molecule has 100 valence electrons. The van der Waals surface area contributed by atoms with Crippen molar-refractivity contribution in [1.82, 2.24) is 0 Å². The highest BCUT2D eigenvalue weighted by Gasteiger charge is 2.05. The lowest BCUT2D eigenvalue weighted by Crippen LogP contribution is -2.00. The van der Waals surface area contributed by atoms with Crippen molar-refractivity contribution in [2.24, 2.45) is 0 Å². The van der Waals surface area contributed by atoms with E-state index in [1.54, 1.807) is 6.07 Å². The molecule has 0 fully saturated rings. The Morgan fingerprint density at radius 1 is 1.21 bits per heavy atom. The number of hydrogen-bond donors (Lipinski definition) is 1. The normalized spacial score (nSPS) is 10.5. The molecule has 0 unspecified atom stereocenters. The topological polar surface area (TPSA) is 35.2 Å². The van der Waals surface area contributed by atoms with Crippen molar-refractivity contribution in [3.63, 3.8) is 0 Å². The fourth-order valence-electron chi connectivity index (χ4n) is 1.76. The summed E-state index contributed by atoms with van der Waals surface area (Å²) in [4.78, 5) is 0. The standard InChI is InChI=1S/C15H15BrFNO/c1-2-10-3-6-15(14(18)7-10)19-9-11-8-12(17)4-5-13(11)16/h3-8H,2,9,18H2,1H3. The van der Waals surface area contributed by atoms with E-state index in [-0.39, 0.29) is 12.4 Å². The molecule has 0 heterocycles. The van der Waals surface area contributed by atoms with Gasteiger partial charge in [-0.2, -0.15) is 0 Å². The molecule has 0 spiro atoms. The maximum Gasteiger partial charge on any atom is 0.142 e. The SMILES string of the molecule is CCc1ccc(OCc2cc(F)ccc2Br)c(N)c1. The minimum atomic E-state index is -0.281. The van der Waals surface area contributed by atoms with Gasteiger partial charge in [-0.05, 0) is 42.3 Å². The molecule has 0 aromatic heterocycles. The molecule has 0 atom stereocenters. The predicted octanol–water partition coefficient (Wildman–Crippen LogP) is 4.31. The summed E-state index contributed by atoms with van der Waals surface area (Å²) in [6.07, 6.45) is 0.930. The van der Waals surface area contributed by atoms with Crippen molar-refractivity contribution in [3.05, 3.63) is 57.8 Å². The Hall–Kier alpha value is -1.55. The molecule has 0 saturated heterocycles. The number of nitrogens with two attached hydrogens (primary N) is 1. The molecule has 2 rings (SSSR count). The van der Waals surface area contributed by atoms with Crippen LogP contribution in [0.25, 0.3) is 0 Å². The molecular formula is C15H15BrFNO.